The van der Waals surface area contributed by atoms with Gasteiger partial charge in [0.25, 0.3) is 17.4 Å². The van der Waals surface area contributed by atoms with Gasteiger partial charge in [-0.1, -0.05) is 38.1 Å². The van der Waals surface area contributed by atoms with Gasteiger partial charge in [-0.05, 0) is 17.5 Å². The molecule has 2 atom stereocenters. The molecular weight excluding hydrogens is 383 g/mol. The average Bonchev–Trinajstić information content (AvgIpc) is 3.04. The quantitative estimate of drug-likeness (QED) is 0.601. The average molecular weight is 400 g/mol. The van der Waals surface area contributed by atoms with Crippen LogP contribution in [0.15, 0.2) is 36.4 Å². The van der Waals surface area contributed by atoms with Crippen molar-refractivity contribution in [1.82, 2.24) is 5.32 Å². The van der Waals surface area contributed by atoms with Crippen LogP contribution < -0.4 is 10.1 Å². The molecule has 1 aliphatic heterocycles. The zero-order valence-corrected chi connectivity index (χ0v) is 15.6. The summed E-state index contributed by atoms with van der Waals surface area (Å²) in [6.07, 6.45) is 0. The monoisotopic (exact) mass is 400 g/mol. The maximum Gasteiger partial charge on any atom is 0.280 e. The molecular formula is C20H17FN2O6. The van der Waals surface area contributed by atoms with Gasteiger partial charge in [-0.25, -0.2) is 4.39 Å². The molecule has 4 rings (SSSR count). The molecule has 0 bridgehead atoms. The molecule has 2 aliphatic rings. The number of ether oxygens (including phenoxy) is 1. The second kappa shape index (κ2) is 6.08. The number of aliphatic hydroxyl groups is 1. The first-order valence-corrected chi connectivity index (χ1v) is 8.93. The van der Waals surface area contributed by atoms with Gasteiger partial charge in [-0.2, -0.15) is 0 Å². The van der Waals surface area contributed by atoms with E-state index in [1.54, 1.807) is 12.1 Å². The number of amides is 1. The van der Waals surface area contributed by atoms with Gasteiger partial charge >= 0.3 is 0 Å². The number of halogens is 1. The summed E-state index contributed by atoms with van der Waals surface area (Å²) in [5.41, 5.74) is -2.33. The SMILES string of the molecule is CC(C)c1ccc2c(c1)OC1(O)c3cccc([N+](=O)[O-])c3C(=O)C21NC(=O)CF. The van der Waals surface area contributed by atoms with E-state index in [2.05, 4.69) is 5.32 Å². The van der Waals surface area contributed by atoms with Crippen LogP contribution in [0.1, 0.15) is 46.8 Å². The zero-order chi connectivity index (χ0) is 21.1. The smallest absolute Gasteiger partial charge is 0.280 e. The third-order valence-corrected chi connectivity index (χ3v) is 5.46. The van der Waals surface area contributed by atoms with Gasteiger partial charge in [0.1, 0.15) is 11.3 Å². The number of carbonyl (C=O) groups is 2. The highest BCUT2D eigenvalue weighted by Crippen LogP contribution is 2.59. The normalized spacial score (nSPS) is 24.0. The number of nitrogens with one attached hydrogen (secondary N) is 1. The molecule has 150 valence electrons. The summed E-state index contributed by atoms with van der Waals surface area (Å²) in [6.45, 7) is 2.44. The number of nitro benzene ring substituents is 1. The molecule has 0 aromatic heterocycles. The number of nitrogens with zero attached hydrogens (tertiary/aromatic N) is 1. The van der Waals surface area contributed by atoms with Gasteiger partial charge in [0, 0.05) is 17.2 Å². The molecule has 1 heterocycles. The first-order valence-electron chi connectivity index (χ1n) is 8.93. The van der Waals surface area contributed by atoms with Crippen molar-refractivity contribution in [2.45, 2.75) is 31.1 Å². The van der Waals surface area contributed by atoms with Gasteiger partial charge in [-0.3, -0.25) is 19.7 Å². The number of alkyl halides is 1. The number of ketones is 1. The second-order valence-electron chi connectivity index (χ2n) is 7.37. The van der Waals surface area contributed by atoms with Crippen LogP contribution >= 0.6 is 0 Å². The Labute approximate surface area is 164 Å². The molecule has 2 N–H and O–H groups in total. The highest BCUT2D eigenvalue weighted by Gasteiger charge is 2.73. The molecule has 29 heavy (non-hydrogen) atoms. The highest BCUT2D eigenvalue weighted by atomic mass is 19.1. The molecule has 2 aromatic rings. The van der Waals surface area contributed by atoms with E-state index in [-0.39, 0.29) is 28.4 Å². The van der Waals surface area contributed by atoms with Gasteiger partial charge in [-0.15, -0.1) is 0 Å². The van der Waals surface area contributed by atoms with Crippen molar-refractivity contribution in [3.8, 4) is 5.75 Å². The summed E-state index contributed by atoms with van der Waals surface area (Å²) in [7, 11) is 0. The van der Waals surface area contributed by atoms with Crippen LogP contribution in [0.25, 0.3) is 0 Å². The molecule has 0 spiro atoms. The van der Waals surface area contributed by atoms with Gasteiger partial charge in [0.15, 0.2) is 6.67 Å². The van der Waals surface area contributed by atoms with E-state index in [4.69, 9.17) is 4.74 Å². The number of fused-ring (bicyclic) bond motifs is 5. The number of rotatable bonds is 4. The van der Waals surface area contributed by atoms with Crippen molar-refractivity contribution >= 4 is 17.4 Å². The molecule has 1 amide bonds. The fourth-order valence-corrected chi connectivity index (χ4v) is 4.10. The summed E-state index contributed by atoms with van der Waals surface area (Å²) >= 11 is 0. The van der Waals surface area contributed by atoms with Crippen molar-refractivity contribution in [1.29, 1.82) is 0 Å². The summed E-state index contributed by atoms with van der Waals surface area (Å²) in [4.78, 5) is 36.2. The van der Waals surface area contributed by atoms with Crippen molar-refractivity contribution in [3.63, 3.8) is 0 Å². The van der Waals surface area contributed by atoms with Crippen LogP contribution in [0.3, 0.4) is 0 Å². The summed E-state index contributed by atoms with van der Waals surface area (Å²) in [5.74, 6) is -4.28. The Morgan fingerprint density at radius 2 is 2.03 bits per heavy atom. The minimum absolute atomic E-state index is 0.111. The number of Topliss-reactive ketones (excluding diaryl/α,β-unsaturated/α-hetero) is 1. The molecule has 8 nitrogen and oxygen atoms in total. The van der Waals surface area contributed by atoms with E-state index in [0.717, 1.165) is 11.6 Å². The maximum absolute atomic E-state index is 13.5. The summed E-state index contributed by atoms with van der Waals surface area (Å²) < 4.78 is 18.8. The Morgan fingerprint density at radius 3 is 2.66 bits per heavy atom. The summed E-state index contributed by atoms with van der Waals surface area (Å²) in [6, 6.07) is 8.59. The van der Waals surface area contributed by atoms with Crippen LogP contribution in [0.2, 0.25) is 0 Å². The van der Waals surface area contributed by atoms with Crippen molar-refractivity contribution in [3.05, 3.63) is 68.8 Å². The van der Waals surface area contributed by atoms with Crippen LogP contribution in [0.4, 0.5) is 10.1 Å². The zero-order valence-electron chi connectivity index (χ0n) is 15.6. The standard InChI is InChI=1S/C20H17FN2O6/c1-10(2)11-6-7-12-15(8-11)29-20(26)13-4-3-5-14(23(27)28)17(13)18(25)19(12,20)22-16(24)9-21/h3-8,10,26H,9H2,1-2H3,(H,22,24). The lowest BCUT2D eigenvalue weighted by Crippen LogP contribution is -2.60. The Hall–Kier alpha value is -3.33. The molecule has 1 aliphatic carbocycles. The fourth-order valence-electron chi connectivity index (χ4n) is 4.10. The van der Waals surface area contributed by atoms with E-state index in [1.807, 2.05) is 13.8 Å². The Morgan fingerprint density at radius 1 is 1.31 bits per heavy atom. The topological polar surface area (TPSA) is 119 Å². The number of benzene rings is 2. The summed E-state index contributed by atoms with van der Waals surface area (Å²) in [5, 5.41) is 25.2. The van der Waals surface area contributed by atoms with E-state index >= 15 is 0 Å². The molecule has 0 saturated carbocycles. The predicted molar refractivity (Wildman–Crippen MR) is 98.3 cm³/mol. The minimum Gasteiger partial charge on any atom is -0.454 e. The Kier molecular flexibility index (Phi) is 3.99. The fraction of sp³-hybridized carbons (Fsp3) is 0.300. The van der Waals surface area contributed by atoms with Crippen molar-refractivity contribution in [2.75, 3.05) is 6.67 Å². The highest BCUT2D eigenvalue weighted by molar-refractivity contribution is 6.14. The Balaban J connectivity index is 2.03. The van der Waals surface area contributed by atoms with Crippen LogP contribution in [-0.2, 0) is 16.1 Å². The van der Waals surface area contributed by atoms with Crippen molar-refractivity contribution < 1.29 is 28.7 Å². The molecule has 0 fully saturated rings. The first-order chi connectivity index (χ1) is 13.7. The van der Waals surface area contributed by atoms with E-state index in [9.17, 15) is 29.2 Å². The lowest BCUT2D eigenvalue weighted by molar-refractivity contribution is -0.385. The number of nitro groups is 1. The molecule has 2 unspecified atom stereocenters. The molecule has 9 heteroatoms. The lowest BCUT2D eigenvalue weighted by Gasteiger charge is -2.34. The molecule has 2 aromatic carbocycles. The van der Waals surface area contributed by atoms with Crippen LogP contribution in [-0.4, -0.2) is 28.4 Å². The van der Waals surface area contributed by atoms with E-state index in [0.29, 0.717) is 0 Å². The molecule has 0 radical (unpaired) electrons. The van der Waals surface area contributed by atoms with E-state index in [1.165, 1.54) is 18.2 Å². The van der Waals surface area contributed by atoms with Crippen LogP contribution in [0, 0.1) is 10.1 Å². The van der Waals surface area contributed by atoms with Gasteiger partial charge in [0.05, 0.1) is 4.92 Å². The number of carbonyl (C=O) groups excluding carboxylic acids is 2. The largest absolute Gasteiger partial charge is 0.454 e. The van der Waals surface area contributed by atoms with E-state index < -0.39 is 40.3 Å². The predicted octanol–water partition coefficient (Wildman–Crippen LogP) is 2.43. The Bertz CT molecular complexity index is 1080. The van der Waals surface area contributed by atoms with Gasteiger partial charge < -0.3 is 15.2 Å². The third-order valence-electron chi connectivity index (χ3n) is 5.46. The van der Waals surface area contributed by atoms with Crippen LogP contribution in [0.5, 0.6) is 5.75 Å². The lowest BCUT2D eigenvalue weighted by atomic mass is 9.82. The van der Waals surface area contributed by atoms with Gasteiger partial charge in [0.2, 0.25) is 11.3 Å². The molecule has 0 saturated heterocycles. The minimum atomic E-state index is -2.45. The number of hydrogen-bond acceptors (Lipinski definition) is 6. The maximum atomic E-state index is 13.5. The second-order valence-corrected chi connectivity index (χ2v) is 7.37. The number of hydrogen-bond donors (Lipinski definition) is 2. The third kappa shape index (κ3) is 2.27. The first kappa shape index (κ1) is 19.0. The van der Waals surface area contributed by atoms with Crippen molar-refractivity contribution in [2.24, 2.45) is 0 Å².